The molecule has 68 valence electrons. The van der Waals surface area contributed by atoms with E-state index in [4.69, 9.17) is 0 Å². The van der Waals surface area contributed by atoms with Gasteiger partial charge in [0.1, 0.15) is 10.3 Å². The number of carbonyl (C=O) groups is 1. The largest absolute Gasteiger partial charge is 0.292 e. The number of aromatic nitrogens is 1. The molecule has 1 aromatic heterocycles. The van der Waals surface area contributed by atoms with Crippen molar-refractivity contribution in [3.63, 3.8) is 0 Å². The summed E-state index contributed by atoms with van der Waals surface area (Å²) in [5, 5.41) is 0. The van der Waals surface area contributed by atoms with E-state index in [-0.39, 0.29) is 5.78 Å². The Hall–Kier alpha value is -0.700. The van der Waals surface area contributed by atoms with Gasteiger partial charge in [-0.1, -0.05) is 6.07 Å². The first-order valence-electron chi connectivity index (χ1n) is 4.41. The fourth-order valence-corrected chi connectivity index (χ4v) is 1.60. The molecule has 0 amide bonds. The first-order chi connectivity index (χ1) is 6.25. The Labute approximate surface area is 85.5 Å². The molecule has 0 spiro atoms. The molecule has 0 aromatic carbocycles. The van der Waals surface area contributed by atoms with Crippen LogP contribution in [0.1, 0.15) is 29.8 Å². The van der Waals surface area contributed by atoms with Gasteiger partial charge in [-0.25, -0.2) is 4.98 Å². The van der Waals surface area contributed by atoms with Crippen LogP contribution in [0.2, 0.25) is 0 Å². The molecule has 13 heavy (non-hydrogen) atoms. The molecule has 3 heteroatoms. The minimum atomic E-state index is 0.170. The highest BCUT2D eigenvalue weighted by Gasteiger charge is 2.25. The third-order valence-corrected chi connectivity index (χ3v) is 2.61. The molecule has 0 unspecified atom stereocenters. The van der Waals surface area contributed by atoms with E-state index in [1.54, 1.807) is 6.07 Å². The van der Waals surface area contributed by atoms with Gasteiger partial charge in [0.25, 0.3) is 0 Å². The molecule has 0 N–H and O–H groups in total. The number of nitrogens with zero attached hydrogens (tertiary/aromatic N) is 1. The second-order valence-corrected chi connectivity index (χ2v) is 4.23. The van der Waals surface area contributed by atoms with Gasteiger partial charge in [-0.2, -0.15) is 0 Å². The van der Waals surface area contributed by atoms with Gasteiger partial charge in [-0.15, -0.1) is 0 Å². The van der Waals surface area contributed by atoms with Crippen LogP contribution in [-0.2, 0) is 0 Å². The standard InChI is InChI=1S/C10H10BrNO/c11-10-3-1-2-8(12-10)9(13)6-7-4-5-7/h1-3,7H,4-6H2. The minimum Gasteiger partial charge on any atom is -0.292 e. The molecule has 1 aliphatic carbocycles. The number of hydrogen-bond acceptors (Lipinski definition) is 2. The van der Waals surface area contributed by atoms with Crippen molar-refractivity contribution in [1.82, 2.24) is 4.98 Å². The van der Waals surface area contributed by atoms with Crippen molar-refractivity contribution >= 4 is 21.7 Å². The highest BCUT2D eigenvalue weighted by atomic mass is 79.9. The second kappa shape index (κ2) is 3.58. The van der Waals surface area contributed by atoms with Gasteiger partial charge >= 0.3 is 0 Å². The number of pyridine rings is 1. The lowest BCUT2D eigenvalue weighted by Gasteiger charge is -1.98. The van der Waals surface area contributed by atoms with Crippen molar-refractivity contribution in [2.24, 2.45) is 5.92 Å². The molecule has 0 radical (unpaired) electrons. The summed E-state index contributed by atoms with van der Waals surface area (Å²) in [5.41, 5.74) is 0.585. The maximum absolute atomic E-state index is 11.6. The average Bonchev–Trinajstić information content (AvgIpc) is 2.88. The molecule has 2 rings (SSSR count). The number of carbonyl (C=O) groups excluding carboxylic acids is 1. The molecule has 1 aromatic rings. The maximum atomic E-state index is 11.6. The Kier molecular flexibility index (Phi) is 2.44. The van der Waals surface area contributed by atoms with Crippen molar-refractivity contribution in [3.8, 4) is 0 Å². The number of Topliss-reactive ketones (excluding diaryl/α,β-unsaturated/α-hetero) is 1. The van der Waals surface area contributed by atoms with Crippen LogP contribution in [0.15, 0.2) is 22.8 Å². The normalized spacial score (nSPS) is 15.8. The SMILES string of the molecule is O=C(CC1CC1)c1cccc(Br)n1. The van der Waals surface area contributed by atoms with E-state index < -0.39 is 0 Å². The van der Waals surface area contributed by atoms with Crippen molar-refractivity contribution in [2.45, 2.75) is 19.3 Å². The number of halogens is 1. The molecular formula is C10H10BrNO. The predicted octanol–water partition coefficient (Wildman–Crippen LogP) is 2.83. The van der Waals surface area contributed by atoms with Crippen molar-refractivity contribution in [2.75, 3.05) is 0 Å². The summed E-state index contributed by atoms with van der Waals surface area (Å²) < 4.78 is 0.731. The first kappa shape index (κ1) is 8.88. The molecule has 1 fully saturated rings. The molecule has 1 heterocycles. The third-order valence-electron chi connectivity index (χ3n) is 2.17. The topological polar surface area (TPSA) is 30.0 Å². The zero-order valence-corrected chi connectivity index (χ0v) is 8.75. The van der Waals surface area contributed by atoms with Gasteiger partial charge in [0, 0.05) is 6.42 Å². The molecule has 0 saturated heterocycles. The number of hydrogen-bond donors (Lipinski definition) is 0. The van der Waals surface area contributed by atoms with Crippen LogP contribution in [0.3, 0.4) is 0 Å². The predicted molar refractivity (Wildman–Crippen MR) is 53.6 cm³/mol. The maximum Gasteiger partial charge on any atom is 0.181 e. The van der Waals surface area contributed by atoms with Crippen LogP contribution in [-0.4, -0.2) is 10.8 Å². The molecular weight excluding hydrogens is 230 g/mol. The summed E-state index contributed by atoms with van der Waals surface area (Å²) >= 11 is 3.25. The molecule has 1 saturated carbocycles. The summed E-state index contributed by atoms with van der Waals surface area (Å²) in [6.07, 6.45) is 3.09. The Morgan fingerprint density at radius 1 is 1.54 bits per heavy atom. The van der Waals surface area contributed by atoms with Crippen LogP contribution in [0.4, 0.5) is 0 Å². The zero-order valence-electron chi connectivity index (χ0n) is 7.16. The molecule has 0 bridgehead atoms. The van der Waals surface area contributed by atoms with E-state index in [2.05, 4.69) is 20.9 Å². The highest BCUT2D eigenvalue weighted by molar-refractivity contribution is 9.10. The van der Waals surface area contributed by atoms with Gasteiger partial charge in [0.05, 0.1) is 0 Å². The van der Waals surface area contributed by atoms with Crippen LogP contribution < -0.4 is 0 Å². The molecule has 0 aliphatic heterocycles. The lowest BCUT2D eigenvalue weighted by Crippen LogP contribution is -2.02. The van der Waals surface area contributed by atoms with Crippen LogP contribution >= 0.6 is 15.9 Å². The Morgan fingerprint density at radius 3 is 2.92 bits per heavy atom. The van der Waals surface area contributed by atoms with Crippen LogP contribution in [0.5, 0.6) is 0 Å². The van der Waals surface area contributed by atoms with Crippen molar-refractivity contribution in [3.05, 3.63) is 28.5 Å². The smallest absolute Gasteiger partial charge is 0.181 e. The number of rotatable bonds is 3. The summed E-state index contributed by atoms with van der Waals surface area (Å²) in [6, 6.07) is 5.45. The molecule has 1 aliphatic rings. The van der Waals surface area contributed by atoms with Gasteiger partial charge in [-0.05, 0) is 46.8 Å². The van der Waals surface area contributed by atoms with E-state index in [1.165, 1.54) is 12.8 Å². The van der Waals surface area contributed by atoms with Gasteiger partial charge in [0.15, 0.2) is 5.78 Å². The second-order valence-electron chi connectivity index (χ2n) is 3.42. The highest BCUT2D eigenvalue weighted by Crippen LogP contribution is 2.33. The van der Waals surface area contributed by atoms with Crippen molar-refractivity contribution < 1.29 is 4.79 Å². The monoisotopic (exact) mass is 239 g/mol. The minimum absolute atomic E-state index is 0.170. The summed E-state index contributed by atoms with van der Waals surface area (Å²) in [6.45, 7) is 0. The number of ketones is 1. The average molecular weight is 240 g/mol. The van der Waals surface area contributed by atoms with E-state index in [0.717, 1.165) is 4.60 Å². The van der Waals surface area contributed by atoms with Gasteiger partial charge in [0.2, 0.25) is 0 Å². The van der Waals surface area contributed by atoms with E-state index >= 15 is 0 Å². The van der Waals surface area contributed by atoms with Gasteiger partial charge in [-0.3, -0.25) is 4.79 Å². The molecule has 0 atom stereocenters. The lowest BCUT2D eigenvalue weighted by atomic mass is 10.1. The van der Waals surface area contributed by atoms with E-state index in [0.29, 0.717) is 18.0 Å². The Morgan fingerprint density at radius 2 is 2.31 bits per heavy atom. The fourth-order valence-electron chi connectivity index (χ4n) is 1.25. The Bertz CT molecular complexity index is 333. The van der Waals surface area contributed by atoms with Crippen LogP contribution in [0.25, 0.3) is 0 Å². The lowest BCUT2D eigenvalue weighted by molar-refractivity contribution is 0.0971. The summed E-state index contributed by atoms with van der Waals surface area (Å²) in [5.74, 6) is 0.803. The van der Waals surface area contributed by atoms with Crippen LogP contribution in [0, 0.1) is 5.92 Å². The fraction of sp³-hybridized carbons (Fsp3) is 0.400. The molecule has 2 nitrogen and oxygen atoms in total. The summed E-state index contributed by atoms with van der Waals surface area (Å²) in [7, 11) is 0. The van der Waals surface area contributed by atoms with Gasteiger partial charge < -0.3 is 0 Å². The van der Waals surface area contributed by atoms with E-state index in [9.17, 15) is 4.79 Å². The Balaban J connectivity index is 2.09. The van der Waals surface area contributed by atoms with Crippen molar-refractivity contribution in [1.29, 1.82) is 0 Å². The third kappa shape index (κ3) is 2.37. The quantitative estimate of drug-likeness (QED) is 0.600. The zero-order chi connectivity index (χ0) is 9.26. The van der Waals surface area contributed by atoms with E-state index in [1.807, 2.05) is 12.1 Å². The first-order valence-corrected chi connectivity index (χ1v) is 5.21. The summed E-state index contributed by atoms with van der Waals surface area (Å²) in [4.78, 5) is 15.7.